The molecule has 1 aliphatic rings. The SMILES string of the molecule is CCS(=O)(=O)[C@@H]1[C@H](C(=O)O)[C@H]1c1cccc(Cl)c1. The molecule has 0 amide bonds. The van der Waals surface area contributed by atoms with Crippen molar-refractivity contribution in [1.29, 1.82) is 0 Å². The standard InChI is InChI=1S/C12H13ClO4S/c1-2-18(16,17)11-9(10(11)12(14)15)7-4-3-5-8(13)6-7/h3-6,9-11H,2H2,1H3,(H,14,15)/t9-,10-,11+/m1/s1. The highest BCUT2D eigenvalue weighted by Crippen LogP contribution is 2.52. The third kappa shape index (κ3) is 2.24. The zero-order valence-electron chi connectivity index (χ0n) is 9.71. The zero-order chi connectivity index (χ0) is 13.5. The van der Waals surface area contributed by atoms with E-state index in [4.69, 9.17) is 16.7 Å². The van der Waals surface area contributed by atoms with Crippen LogP contribution in [0.5, 0.6) is 0 Å². The summed E-state index contributed by atoms with van der Waals surface area (Å²) in [6, 6.07) is 6.72. The second-order valence-electron chi connectivity index (χ2n) is 4.36. The summed E-state index contributed by atoms with van der Waals surface area (Å²) in [6.45, 7) is 1.53. The van der Waals surface area contributed by atoms with Crippen LogP contribution in [0.2, 0.25) is 5.02 Å². The first-order valence-electron chi connectivity index (χ1n) is 5.58. The van der Waals surface area contributed by atoms with Gasteiger partial charge in [-0.3, -0.25) is 4.79 Å². The molecule has 1 saturated carbocycles. The number of halogens is 1. The number of carboxylic acids is 1. The van der Waals surface area contributed by atoms with Crippen molar-refractivity contribution in [3.8, 4) is 0 Å². The van der Waals surface area contributed by atoms with E-state index in [2.05, 4.69) is 0 Å². The van der Waals surface area contributed by atoms with Gasteiger partial charge in [0, 0.05) is 16.7 Å². The number of aliphatic carboxylic acids is 1. The van der Waals surface area contributed by atoms with Gasteiger partial charge in [-0.1, -0.05) is 30.7 Å². The Bertz CT molecular complexity index is 581. The van der Waals surface area contributed by atoms with Crippen molar-refractivity contribution in [3.63, 3.8) is 0 Å². The molecule has 0 aliphatic heterocycles. The minimum absolute atomic E-state index is 0.0431. The normalized spacial score (nSPS) is 26.9. The first kappa shape index (κ1) is 13.4. The lowest BCUT2D eigenvalue weighted by Crippen LogP contribution is -2.14. The lowest BCUT2D eigenvalue weighted by atomic mass is 10.1. The summed E-state index contributed by atoms with van der Waals surface area (Å²) in [4.78, 5) is 11.1. The lowest BCUT2D eigenvalue weighted by molar-refractivity contribution is -0.138. The summed E-state index contributed by atoms with van der Waals surface area (Å²) in [5, 5.41) is 8.75. The molecular formula is C12H13ClO4S. The largest absolute Gasteiger partial charge is 0.481 e. The van der Waals surface area contributed by atoms with Gasteiger partial charge in [-0.2, -0.15) is 0 Å². The summed E-state index contributed by atoms with van der Waals surface area (Å²) < 4.78 is 23.7. The maximum absolute atomic E-state index is 11.8. The summed E-state index contributed by atoms with van der Waals surface area (Å²) in [6.07, 6.45) is 0. The van der Waals surface area contributed by atoms with Gasteiger partial charge >= 0.3 is 5.97 Å². The molecule has 0 bridgehead atoms. The van der Waals surface area contributed by atoms with Gasteiger partial charge in [0.15, 0.2) is 9.84 Å². The van der Waals surface area contributed by atoms with Crippen LogP contribution in [0.25, 0.3) is 0 Å². The summed E-state index contributed by atoms with van der Waals surface area (Å²) in [7, 11) is -3.35. The van der Waals surface area contributed by atoms with Crippen LogP contribution in [-0.4, -0.2) is 30.5 Å². The van der Waals surface area contributed by atoms with Crippen molar-refractivity contribution in [2.24, 2.45) is 5.92 Å². The maximum Gasteiger partial charge on any atom is 0.308 e. The van der Waals surface area contributed by atoms with E-state index in [1.165, 1.54) is 6.92 Å². The van der Waals surface area contributed by atoms with Gasteiger partial charge in [0.2, 0.25) is 0 Å². The minimum atomic E-state index is -3.35. The smallest absolute Gasteiger partial charge is 0.308 e. The molecular weight excluding hydrogens is 276 g/mol. The second kappa shape index (κ2) is 4.55. The van der Waals surface area contributed by atoms with E-state index in [-0.39, 0.29) is 5.75 Å². The van der Waals surface area contributed by atoms with Gasteiger partial charge in [0.1, 0.15) is 0 Å². The van der Waals surface area contributed by atoms with Crippen LogP contribution < -0.4 is 0 Å². The Morgan fingerprint density at radius 2 is 2.11 bits per heavy atom. The Hall–Kier alpha value is -1.07. The molecule has 18 heavy (non-hydrogen) atoms. The van der Waals surface area contributed by atoms with Crippen molar-refractivity contribution in [2.45, 2.75) is 18.1 Å². The molecule has 1 aromatic rings. The predicted octanol–water partition coefficient (Wildman–Crippen LogP) is 1.94. The van der Waals surface area contributed by atoms with Crippen molar-refractivity contribution in [3.05, 3.63) is 34.9 Å². The monoisotopic (exact) mass is 288 g/mol. The number of hydrogen-bond acceptors (Lipinski definition) is 3. The lowest BCUT2D eigenvalue weighted by Gasteiger charge is -2.01. The first-order chi connectivity index (χ1) is 8.38. The number of rotatable bonds is 4. The van der Waals surface area contributed by atoms with Gasteiger partial charge < -0.3 is 5.11 Å². The number of hydrogen-bond donors (Lipinski definition) is 1. The number of carbonyl (C=O) groups is 1. The molecule has 4 nitrogen and oxygen atoms in total. The molecule has 0 unspecified atom stereocenters. The van der Waals surface area contributed by atoms with Crippen LogP contribution in [0.4, 0.5) is 0 Å². The van der Waals surface area contributed by atoms with Crippen LogP contribution in [0.3, 0.4) is 0 Å². The Labute approximate surface area is 110 Å². The molecule has 1 aromatic carbocycles. The zero-order valence-corrected chi connectivity index (χ0v) is 11.3. The van der Waals surface area contributed by atoms with Crippen LogP contribution in [0.15, 0.2) is 24.3 Å². The maximum atomic E-state index is 11.8. The van der Waals surface area contributed by atoms with Crippen LogP contribution in [0.1, 0.15) is 18.4 Å². The highest BCUT2D eigenvalue weighted by Gasteiger charge is 2.62. The molecule has 3 atom stereocenters. The molecule has 2 rings (SSSR count). The van der Waals surface area contributed by atoms with Crippen LogP contribution >= 0.6 is 11.6 Å². The predicted molar refractivity (Wildman–Crippen MR) is 68.6 cm³/mol. The fourth-order valence-corrected chi connectivity index (χ4v) is 4.33. The molecule has 1 fully saturated rings. The minimum Gasteiger partial charge on any atom is -0.481 e. The molecule has 0 spiro atoms. The molecule has 0 heterocycles. The molecule has 0 radical (unpaired) electrons. The molecule has 0 aromatic heterocycles. The molecule has 98 valence electrons. The highest BCUT2D eigenvalue weighted by molar-refractivity contribution is 7.92. The van der Waals surface area contributed by atoms with Gasteiger partial charge in [-0.05, 0) is 17.7 Å². The van der Waals surface area contributed by atoms with E-state index >= 15 is 0 Å². The third-order valence-electron chi connectivity index (χ3n) is 3.29. The number of sulfone groups is 1. The van der Waals surface area contributed by atoms with Gasteiger partial charge in [-0.25, -0.2) is 8.42 Å². The van der Waals surface area contributed by atoms with Gasteiger partial charge in [-0.15, -0.1) is 0 Å². The fourth-order valence-electron chi connectivity index (χ4n) is 2.33. The average molecular weight is 289 g/mol. The molecule has 6 heteroatoms. The molecule has 0 saturated heterocycles. The van der Waals surface area contributed by atoms with Crippen LogP contribution in [0, 0.1) is 5.92 Å². The van der Waals surface area contributed by atoms with E-state index in [9.17, 15) is 13.2 Å². The van der Waals surface area contributed by atoms with E-state index in [0.29, 0.717) is 10.6 Å². The van der Waals surface area contributed by atoms with Crippen LogP contribution in [-0.2, 0) is 14.6 Å². The Morgan fingerprint density at radius 3 is 2.61 bits per heavy atom. The molecule has 1 aliphatic carbocycles. The summed E-state index contributed by atoms with van der Waals surface area (Å²) in [5.41, 5.74) is 0.678. The quantitative estimate of drug-likeness (QED) is 0.919. The van der Waals surface area contributed by atoms with Gasteiger partial charge in [0.25, 0.3) is 0 Å². The van der Waals surface area contributed by atoms with Crippen molar-refractivity contribution >= 4 is 27.4 Å². The third-order valence-corrected chi connectivity index (χ3v) is 5.75. The highest BCUT2D eigenvalue weighted by atomic mass is 35.5. The van der Waals surface area contributed by atoms with Gasteiger partial charge in [0.05, 0.1) is 11.2 Å². The topological polar surface area (TPSA) is 71.4 Å². The average Bonchev–Trinajstić information content (AvgIpc) is 3.05. The van der Waals surface area contributed by atoms with E-state index in [1.807, 2.05) is 0 Å². The Balaban J connectivity index is 2.37. The number of benzene rings is 1. The Morgan fingerprint density at radius 1 is 1.44 bits per heavy atom. The van der Waals surface area contributed by atoms with E-state index < -0.39 is 32.9 Å². The summed E-state index contributed by atoms with van der Waals surface area (Å²) >= 11 is 5.84. The van der Waals surface area contributed by atoms with Crippen molar-refractivity contribution < 1.29 is 18.3 Å². The second-order valence-corrected chi connectivity index (χ2v) is 7.24. The summed E-state index contributed by atoms with van der Waals surface area (Å²) in [5.74, 6) is -2.44. The van der Waals surface area contributed by atoms with E-state index in [1.54, 1.807) is 24.3 Å². The van der Waals surface area contributed by atoms with E-state index in [0.717, 1.165) is 0 Å². The fraction of sp³-hybridized carbons (Fsp3) is 0.417. The first-order valence-corrected chi connectivity index (χ1v) is 7.67. The van der Waals surface area contributed by atoms with Crippen molar-refractivity contribution in [2.75, 3.05) is 5.75 Å². The van der Waals surface area contributed by atoms with Crippen molar-refractivity contribution in [1.82, 2.24) is 0 Å². The number of carboxylic acid groups (broad SMARTS) is 1. The Kier molecular flexibility index (Phi) is 3.38. The molecule has 1 N–H and O–H groups in total.